The summed E-state index contributed by atoms with van der Waals surface area (Å²) in [5.74, 6) is 1.55. The third-order valence-corrected chi connectivity index (χ3v) is 5.25. The molecular formula is C17H22FN5OS. The number of benzene rings is 1. The largest absolute Gasteiger partial charge is 0.355 e. The zero-order chi connectivity index (χ0) is 17.5. The maximum absolute atomic E-state index is 13.1. The van der Waals surface area contributed by atoms with Crippen molar-refractivity contribution in [3.8, 4) is 0 Å². The van der Waals surface area contributed by atoms with E-state index in [0.717, 1.165) is 24.2 Å². The lowest BCUT2D eigenvalue weighted by atomic mass is 10.1. The first-order chi connectivity index (χ1) is 12.2. The lowest BCUT2D eigenvalue weighted by Gasteiger charge is -2.11. The van der Waals surface area contributed by atoms with Crippen molar-refractivity contribution in [3.63, 3.8) is 0 Å². The molecule has 2 aromatic rings. The molecule has 1 fully saturated rings. The summed E-state index contributed by atoms with van der Waals surface area (Å²) in [5, 5.41) is 14.8. The lowest BCUT2D eigenvalue weighted by Crippen LogP contribution is -2.27. The minimum atomic E-state index is -0.251. The molecule has 1 aliphatic carbocycles. The molecule has 1 amide bonds. The number of tetrazole rings is 1. The summed E-state index contributed by atoms with van der Waals surface area (Å²) >= 11 is 1.51. The summed E-state index contributed by atoms with van der Waals surface area (Å²) in [5.41, 5.74) is 0.878. The Hall–Kier alpha value is -1.96. The van der Waals surface area contributed by atoms with Crippen molar-refractivity contribution in [2.75, 3.05) is 12.3 Å². The van der Waals surface area contributed by atoms with Crippen molar-refractivity contribution in [3.05, 3.63) is 41.5 Å². The van der Waals surface area contributed by atoms with Gasteiger partial charge in [-0.1, -0.05) is 25.0 Å². The van der Waals surface area contributed by atoms with Crippen molar-refractivity contribution in [2.45, 2.75) is 43.9 Å². The zero-order valence-electron chi connectivity index (χ0n) is 14.0. The molecule has 0 aliphatic heterocycles. The number of carbonyl (C=O) groups is 1. The van der Waals surface area contributed by atoms with Crippen LogP contribution in [0.4, 0.5) is 4.39 Å². The molecule has 1 aromatic heterocycles. The lowest BCUT2D eigenvalue weighted by molar-refractivity contribution is -0.118. The number of halogens is 1. The molecule has 8 heteroatoms. The molecule has 0 bridgehead atoms. The number of carbonyl (C=O) groups excluding carboxylic acids is 1. The van der Waals surface area contributed by atoms with Crippen molar-refractivity contribution in [2.24, 2.45) is 0 Å². The number of rotatable bonds is 8. The van der Waals surface area contributed by atoms with E-state index in [9.17, 15) is 9.18 Å². The summed E-state index contributed by atoms with van der Waals surface area (Å²) < 4.78 is 15.0. The number of thioether (sulfide) groups is 1. The van der Waals surface area contributed by atoms with E-state index in [1.165, 1.54) is 36.7 Å². The summed E-state index contributed by atoms with van der Waals surface area (Å²) in [6, 6.07) is 6.84. The minimum Gasteiger partial charge on any atom is -0.355 e. The van der Waals surface area contributed by atoms with Crippen molar-refractivity contribution < 1.29 is 9.18 Å². The van der Waals surface area contributed by atoms with Gasteiger partial charge in [-0.25, -0.2) is 9.07 Å². The van der Waals surface area contributed by atoms with Crippen LogP contribution in [0, 0.1) is 5.82 Å². The van der Waals surface area contributed by atoms with Crippen LogP contribution in [-0.2, 0) is 17.0 Å². The quantitative estimate of drug-likeness (QED) is 0.780. The predicted octanol–water partition coefficient (Wildman–Crippen LogP) is 2.52. The van der Waals surface area contributed by atoms with Crippen molar-refractivity contribution in [1.29, 1.82) is 0 Å². The highest BCUT2D eigenvalue weighted by molar-refractivity contribution is 7.99. The van der Waals surface area contributed by atoms with Gasteiger partial charge in [0.1, 0.15) is 5.82 Å². The Morgan fingerprint density at radius 2 is 2.20 bits per heavy atom. The van der Waals surface area contributed by atoms with Gasteiger partial charge < -0.3 is 5.32 Å². The van der Waals surface area contributed by atoms with E-state index >= 15 is 0 Å². The molecule has 1 N–H and O–H groups in total. The van der Waals surface area contributed by atoms with Crippen LogP contribution in [-0.4, -0.2) is 38.4 Å². The number of amides is 1. The van der Waals surface area contributed by atoms with E-state index in [-0.39, 0.29) is 11.7 Å². The Bertz CT molecular complexity index is 702. The molecule has 0 unspecified atom stereocenters. The van der Waals surface area contributed by atoms with Gasteiger partial charge in [0.25, 0.3) is 0 Å². The Labute approximate surface area is 150 Å². The molecular weight excluding hydrogens is 341 g/mol. The van der Waals surface area contributed by atoms with Gasteiger partial charge in [0.15, 0.2) is 5.82 Å². The number of aromatic nitrogens is 4. The molecule has 6 nitrogen and oxygen atoms in total. The topological polar surface area (TPSA) is 72.7 Å². The predicted molar refractivity (Wildman–Crippen MR) is 94.6 cm³/mol. The van der Waals surface area contributed by atoms with E-state index in [4.69, 9.17) is 0 Å². The van der Waals surface area contributed by atoms with Gasteiger partial charge in [-0.15, -0.1) is 16.9 Å². The van der Waals surface area contributed by atoms with Crippen LogP contribution in [0.2, 0.25) is 0 Å². The van der Waals surface area contributed by atoms with Crippen molar-refractivity contribution >= 4 is 17.7 Å². The van der Waals surface area contributed by atoms with Crippen LogP contribution in [0.3, 0.4) is 0 Å². The van der Waals surface area contributed by atoms with Crippen LogP contribution in [0.25, 0.3) is 0 Å². The molecule has 1 saturated carbocycles. The Balaban J connectivity index is 1.36. The van der Waals surface area contributed by atoms with Gasteiger partial charge in [0.05, 0.1) is 17.5 Å². The maximum Gasteiger partial charge on any atom is 0.230 e. The molecule has 1 aliphatic rings. The smallest absolute Gasteiger partial charge is 0.230 e. The number of nitrogens with zero attached hydrogens (tertiary/aromatic N) is 4. The maximum atomic E-state index is 13.1. The van der Waals surface area contributed by atoms with Gasteiger partial charge in [0.2, 0.25) is 5.91 Å². The van der Waals surface area contributed by atoms with Crippen LogP contribution in [0.5, 0.6) is 0 Å². The molecule has 1 aromatic carbocycles. The van der Waals surface area contributed by atoms with E-state index < -0.39 is 0 Å². The zero-order valence-corrected chi connectivity index (χ0v) is 14.8. The van der Waals surface area contributed by atoms with Gasteiger partial charge in [-0.2, -0.15) is 0 Å². The monoisotopic (exact) mass is 363 g/mol. The minimum absolute atomic E-state index is 0.0266. The first-order valence-corrected chi connectivity index (χ1v) is 9.73. The van der Waals surface area contributed by atoms with Gasteiger partial charge in [-0.05, 0) is 47.4 Å². The Kier molecular flexibility index (Phi) is 6.38. The molecule has 1 heterocycles. The molecule has 3 rings (SSSR count). The summed E-state index contributed by atoms with van der Waals surface area (Å²) in [4.78, 5) is 11.9. The van der Waals surface area contributed by atoms with Crippen LogP contribution in [0.1, 0.15) is 43.1 Å². The third kappa shape index (κ3) is 5.26. The summed E-state index contributed by atoms with van der Waals surface area (Å²) in [7, 11) is 0. The SMILES string of the molecule is O=C(CSCc1nnnn1C1CCCC1)NCCc1cccc(F)c1. The molecule has 0 atom stereocenters. The van der Waals surface area contributed by atoms with E-state index in [0.29, 0.717) is 30.5 Å². The Morgan fingerprint density at radius 3 is 3.00 bits per heavy atom. The van der Waals surface area contributed by atoms with E-state index in [1.807, 2.05) is 10.7 Å². The molecule has 25 heavy (non-hydrogen) atoms. The Morgan fingerprint density at radius 1 is 1.36 bits per heavy atom. The average Bonchev–Trinajstić information content (AvgIpc) is 3.26. The second kappa shape index (κ2) is 8.94. The standard InChI is InChI=1S/C17H22FN5OS/c18-14-5-3-4-13(10-14)8-9-19-17(24)12-25-11-16-20-21-22-23(16)15-6-1-2-7-15/h3-5,10,15H,1-2,6-9,11-12H2,(H,19,24). The average molecular weight is 363 g/mol. The van der Waals surface area contributed by atoms with Crippen LogP contribution in [0.15, 0.2) is 24.3 Å². The van der Waals surface area contributed by atoms with Crippen LogP contribution >= 0.6 is 11.8 Å². The molecule has 0 radical (unpaired) electrons. The van der Waals surface area contributed by atoms with E-state index in [2.05, 4.69) is 20.8 Å². The molecule has 134 valence electrons. The second-order valence-corrected chi connectivity index (χ2v) is 7.19. The van der Waals surface area contributed by atoms with Crippen LogP contribution < -0.4 is 5.32 Å². The first-order valence-electron chi connectivity index (χ1n) is 8.58. The first kappa shape index (κ1) is 17.8. The highest BCUT2D eigenvalue weighted by Crippen LogP contribution is 2.29. The highest BCUT2D eigenvalue weighted by atomic mass is 32.2. The van der Waals surface area contributed by atoms with E-state index in [1.54, 1.807) is 6.07 Å². The van der Waals surface area contributed by atoms with Gasteiger partial charge >= 0.3 is 0 Å². The van der Waals surface area contributed by atoms with Gasteiger partial charge in [-0.3, -0.25) is 4.79 Å². The highest BCUT2D eigenvalue weighted by Gasteiger charge is 2.21. The third-order valence-electron chi connectivity index (χ3n) is 4.32. The number of nitrogens with one attached hydrogen (secondary N) is 1. The fourth-order valence-electron chi connectivity index (χ4n) is 3.06. The normalized spacial score (nSPS) is 14.8. The second-order valence-electron chi connectivity index (χ2n) is 6.20. The fourth-order valence-corrected chi connectivity index (χ4v) is 3.83. The summed E-state index contributed by atoms with van der Waals surface area (Å²) in [6.07, 6.45) is 5.33. The fraction of sp³-hybridized carbons (Fsp3) is 0.529. The number of hydrogen-bond donors (Lipinski definition) is 1. The molecule has 0 spiro atoms. The number of hydrogen-bond acceptors (Lipinski definition) is 5. The molecule has 0 saturated heterocycles. The summed E-state index contributed by atoms with van der Waals surface area (Å²) in [6.45, 7) is 0.503. The van der Waals surface area contributed by atoms with Crippen molar-refractivity contribution in [1.82, 2.24) is 25.5 Å². The van der Waals surface area contributed by atoms with Gasteiger partial charge in [0, 0.05) is 6.54 Å².